The molecule has 3 rings (SSSR count). The molecule has 1 aliphatic rings. The van der Waals surface area contributed by atoms with E-state index in [0.717, 1.165) is 11.1 Å². The van der Waals surface area contributed by atoms with Gasteiger partial charge in [0.05, 0.1) is 10.0 Å². The number of ether oxygens (including phenoxy) is 1. The molecule has 0 spiro atoms. The van der Waals surface area contributed by atoms with E-state index in [1.54, 1.807) is 18.2 Å². The molecule has 0 bridgehead atoms. The van der Waals surface area contributed by atoms with Gasteiger partial charge in [-0.1, -0.05) is 41.4 Å². The second-order valence-corrected chi connectivity index (χ2v) is 5.56. The predicted molar refractivity (Wildman–Crippen MR) is 77.8 cm³/mol. The fraction of sp³-hybridized carbons (Fsp3) is 0.200. The van der Waals surface area contributed by atoms with Crippen molar-refractivity contribution in [2.75, 3.05) is 0 Å². The van der Waals surface area contributed by atoms with Gasteiger partial charge in [-0.25, -0.2) is 4.39 Å². The van der Waals surface area contributed by atoms with E-state index < -0.39 is 0 Å². The van der Waals surface area contributed by atoms with E-state index in [0.29, 0.717) is 22.2 Å². The zero-order chi connectivity index (χ0) is 14.3. The summed E-state index contributed by atoms with van der Waals surface area (Å²) in [4.78, 5) is 0. The van der Waals surface area contributed by atoms with Crippen molar-refractivity contribution in [3.8, 4) is 5.75 Å². The van der Waals surface area contributed by atoms with Crippen LogP contribution in [0.5, 0.6) is 5.75 Å². The van der Waals surface area contributed by atoms with E-state index >= 15 is 0 Å². The molecule has 2 aromatic rings. The lowest BCUT2D eigenvalue weighted by Gasteiger charge is -2.31. The van der Waals surface area contributed by atoms with Gasteiger partial charge in [-0.15, -0.1) is 0 Å². The molecule has 2 nitrogen and oxygen atoms in total. The lowest BCUT2D eigenvalue weighted by Crippen LogP contribution is -2.24. The standard InChI is InChI=1S/C15H12Cl2FNO/c16-11-3-1-2-10(15(11)17)14-7-12(19)9-5-4-8(18)6-13(9)20-14/h1-6,12,14H,7,19H2/t12-,14?/m0/s1. The summed E-state index contributed by atoms with van der Waals surface area (Å²) in [5.74, 6) is 0.110. The van der Waals surface area contributed by atoms with Crippen LogP contribution in [0.25, 0.3) is 0 Å². The Morgan fingerprint density at radius 2 is 1.95 bits per heavy atom. The Balaban J connectivity index is 2.00. The van der Waals surface area contributed by atoms with Gasteiger partial charge < -0.3 is 10.5 Å². The number of hydrogen-bond acceptors (Lipinski definition) is 2. The van der Waals surface area contributed by atoms with Gasteiger partial charge in [0.15, 0.2) is 0 Å². The fourth-order valence-corrected chi connectivity index (χ4v) is 2.86. The number of fused-ring (bicyclic) bond motifs is 1. The third kappa shape index (κ3) is 2.37. The average Bonchev–Trinajstić information content (AvgIpc) is 2.41. The first-order valence-electron chi connectivity index (χ1n) is 6.22. The molecule has 104 valence electrons. The molecule has 2 atom stereocenters. The lowest BCUT2D eigenvalue weighted by molar-refractivity contribution is 0.161. The zero-order valence-electron chi connectivity index (χ0n) is 10.4. The number of benzene rings is 2. The number of hydrogen-bond donors (Lipinski definition) is 1. The van der Waals surface area contributed by atoms with E-state index in [9.17, 15) is 4.39 Å². The molecule has 5 heteroatoms. The topological polar surface area (TPSA) is 35.2 Å². The molecule has 0 fully saturated rings. The molecule has 1 heterocycles. The van der Waals surface area contributed by atoms with Crippen LogP contribution in [0.15, 0.2) is 36.4 Å². The van der Waals surface area contributed by atoms with E-state index in [2.05, 4.69) is 0 Å². The van der Waals surface area contributed by atoms with Gasteiger partial charge in [0.2, 0.25) is 0 Å². The summed E-state index contributed by atoms with van der Waals surface area (Å²) in [7, 11) is 0. The Labute approximate surface area is 126 Å². The number of halogens is 3. The minimum Gasteiger partial charge on any atom is -0.485 e. The van der Waals surface area contributed by atoms with Crippen molar-refractivity contribution < 1.29 is 9.13 Å². The van der Waals surface area contributed by atoms with Crippen LogP contribution in [0.2, 0.25) is 10.0 Å². The molecule has 20 heavy (non-hydrogen) atoms. The maximum absolute atomic E-state index is 13.3. The fourth-order valence-electron chi connectivity index (χ4n) is 2.44. The molecule has 0 saturated carbocycles. The Bertz CT molecular complexity index is 662. The first kappa shape index (κ1) is 13.7. The van der Waals surface area contributed by atoms with E-state index in [-0.39, 0.29) is 18.0 Å². The predicted octanol–water partition coefficient (Wildman–Crippen LogP) is 4.66. The molecule has 0 saturated heterocycles. The van der Waals surface area contributed by atoms with Crippen LogP contribution in [0.4, 0.5) is 4.39 Å². The van der Waals surface area contributed by atoms with Crippen molar-refractivity contribution >= 4 is 23.2 Å². The van der Waals surface area contributed by atoms with Crippen molar-refractivity contribution in [2.45, 2.75) is 18.6 Å². The third-order valence-electron chi connectivity index (χ3n) is 3.44. The molecule has 0 radical (unpaired) electrons. The van der Waals surface area contributed by atoms with Crippen LogP contribution >= 0.6 is 23.2 Å². The first-order chi connectivity index (χ1) is 9.56. The molecule has 0 aromatic heterocycles. The molecule has 0 amide bonds. The highest BCUT2D eigenvalue weighted by atomic mass is 35.5. The van der Waals surface area contributed by atoms with E-state index in [1.165, 1.54) is 12.1 Å². The maximum Gasteiger partial charge on any atom is 0.127 e. The van der Waals surface area contributed by atoms with Crippen LogP contribution in [-0.2, 0) is 0 Å². The summed E-state index contributed by atoms with van der Waals surface area (Å²) < 4.78 is 19.2. The normalized spacial score (nSPS) is 21.2. The molecule has 2 N–H and O–H groups in total. The smallest absolute Gasteiger partial charge is 0.127 e. The van der Waals surface area contributed by atoms with Crippen molar-refractivity contribution in [1.29, 1.82) is 0 Å². The van der Waals surface area contributed by atoms with Crippen LogP contribution in [-0.4, -0.2) is 0 Å². The van der Waals surface area contributed by atoms with E-state index in [1.807, 2.05) is 6.07 Å². The number of rotatable bonds is 1. The Morgan fingerprint density at radius 3 is 2.75 bits per heavy atom. The molecular weight excluding hydrogens is 300 g/mol. The van der Waals surface area contributed by atoms with Crippen molar-refractivity contribution in [2.24, 2.45) is 5.73 Å². The van der Waals surface area contributed by atoms with E-state index in [4.69, 9.17) is 33.7 Å². The van der Waals surface area contributed by atoms with Crippen LogP contribution in [0.1, 0.15) is 29.7 Å². The van der Waals surface area contributed by atoms with Gasteiger partial charge in [0, 0.05) is 29.7 Å². The summed E-state index contributed by atoms with van der Waals surface area (Å²) >= 11 is 12.2. The van der Waals surface area contributed by atoms with Crippen molar-refractivity contribution in [3.63, 3.8) is 0 Å². The van der Waals surface area contributed by atoms with Gasteiger partial charge in [0.25, 0.3) is 0 Å². The lowest BCUT2D eigenvalue weighted by atomic mass is 9.93. The van der Waals surface area contributed by atoms with Crippen LogP contribution < -0.4 is 10.5 Å². The van der Waals surface area contributed by atoms with Crippen molar-refractivity contribution in [1.82, 2.24) is 0 Å². The number of nitrogens with two attached hydrogens (primary N) is 1. The van der Waals surface area contributed by atoms with Gasteiger partial charge in [-0.05, 0) is 12.1 Å². The third-order valence-corrected chi connectivity index (χ3v) is 4.27. The Morgan fingerprint density at radius 1 is 1.15 bits per heavy atom. The zero-order valence-corrected chi connectivity index (χ0v) is 12.0. The minimum atomic E-state index is -0.353. The second-order valence-electron chi connectivity index (χ2n) is 4.77. The summed E-state index contributed by atoms with van der Waals surface area (Å²) in [6.07, 6.45) is 0.240. The summed E-state index contributed by atoms with van der Waals surface area (Å²) in [6, 6.07) is 9.53. The minimum absolute atomic E-state index is 0.223. The molecule has 2 aromatic carbocycles. The Kier molecular flexibility index (Phi) is 3.59. The highest BCUT2D eigenvalue weighted by molar-refractivity contribution is 6.42. The SMILES string of the molecule is N[C@H]1CC(c2cccc(Cl)c2Cl)Oc2cc(F)ccc21. The quantitative estimate of drug-likeness (QED) is 0.831. The molecule has 1 aliphatic heterocycles. The molecule has 0 aliphatic carbocycles. The van der Waals surface area contributed by atoms with Crippen LogP contribution in [0, 0.1) is 5.82 Å². The maximum atomic E-state index is 13.3. The highest BCUT2D eigenvalue weighted by Crippen LogP contribution is 2.42. The largest absolute Gasteiger partial charge is 0.485 e. The summed E-state index contributed by atoms with van der Waals surface area (Å²) in [6.45, 7) is 0. The summed E-state index contributed by atoms with van der Waals surface area (Å²) in [5.41, 5.74) is 7.71. The van der Waals surface area contributed by atoms with Gasteiger partial charge >= 0.3 is 0 Å². The van der Waals surface area contributed by atoms with Gasteiger partial charge in [-0.2, -0.15) is 0 Å². The monoisotopic (exact) mass is 311 g/mol. The average molecular weight is 312 g/mol. The van der Waals surface area contributed by atoms with Crippen molar-refractivity contribution in [3.05, 3.63) is 63.4 Å². The molecule has 1 unspecified atom stereocenters. The van der Waals surface area contributed by atoms with Gasteiger partial charge in [0.1, 0.15) is 17.7 Å². The second kappa shape index (κ2) is 5.24. The Hall–Kier alpha value is -1.29. The highest BCUT2D eigenvalue weighted by Gasteiger charge is 2.29. The first-order valence-corrected chi connectivity index (χ1v) is 6.97. The van der Waals surface area contributed by atoms with Gasteiger partial charge in [-0.3, -0.25) is 0 Å². The molecular formula is C15H12Cl2FNO. The summed E-state index contributed by atoms with van der Waals surface area (Å²) in [5, 5.41) is 0.914. The van der Waals surface area contributed by atoms with Crippen LogP contribution in [0.3, 0.4) is 0 Å².